The van der Waals surface area contributed by atoms with Gasteiger partial charge in [0.2, 0.25) is 0 Å². The van der Waals surface area contributed by atoms with Crippen molar-refractivity contribution in [3.8, 4) is 0 Å². The predicted octanol–water partition coefficient (Wildman–Crippen LogP) is 4.59. The number of hydrogen-bond acceptors (Lipinski definition) is 2. The third-order valence-electron chi connectivity index (χ3n) is 3.68. The van der Waals surface area contributed by atoms with Crippen LogP contribution < -0.4 is 0 Å². The van der Waals surface area contributed by atoms with Crippen LogP contribution >= 0.6 is 0 Å². The average molecular weight is 295 g/mol. The largest absolute Gasteiger partial charge is 0.417 e. The zero-order chi connectivity index (χ0) is 15.2. The molecule has 0 aromatic heterocycles. The number of rotatable bonds is 4. The second-order valence-corrected chi connectivity index (χ2v) is 11.6. The van der Waals surface area contributed by atoms with E-state index < -0.39 is 8.32 Å². The van der Waals surface area contributed by atoms with Crippen molar-refractivity contribution in [2.24, 2.45) is 17.8 Å². The second kappa shape index (κ2) is 7.94. The maximum absolute atomic E-state index is 11.8. The molecule has 20 heavy (non-hydrogen) atoms. The first-order chi connectivity index (χ1) is 9.28. The van der Waals surface area contributed by atoms with Gasteiger partial charge in [-0.2, -0.15) is 0 Å². The number of carbonyl (C=O) groups is 1. The summed E-state index contributed by atoms with van der Waals surface area (Å²) < 4.78 is 6.03. The molecule has 0 radical (unpaired) electrons. The van der Waals surface area contributed by atoms with Crippen LogP contribution in [0.3, 0.4) is 0 Å². The Morgan fingerprint density at radius 1 is 1.30 bits per heavy atom. The van der Waals surface area contributed by atoms with Gasteiger partial charge < -0.3 is 4.43 Å². The standard InChI is InChI=1S/C17H30O2Si/c1-14(2)16-10-9-15(13-19-20(3,4)5)7-6-8-17(18)12-11-16/h6,8-10,14-16H,7,11-13H2,1-5H3/b8-6-,10-9-. The third-order valence-corrected chi connectivity index (χ3v) is 4.72. The maximum atomic E-state index is 11.8. The van der Waals surface area contributed by atoms with Crippen LogP contribution in [0.1, 0.15) is 33.1 Å². The van der Waals surface area contributed by atoms with Crippen molar-refractivity contribution >= 4 is 14.1 Å². The summed E-state index contributed by atoms with van der Waals surface area (Å²) in [6, 6.07) is 0. The highest BCUT2D eigenvalue weighted by atomic mass is 28.4. The molecular formula is C17H30O2Si. The molecule has 0 aromatic carbocycles. The molecule has 2 nitrogen and oxygen atoms in total. The fourth-order valence-electron chi connectivity index (χ4n) is 2.28. The molecule has 0 saturated heterocycles. The molecule has 2 unspecified atom stereocenters. The van der Waals surface area contributed by atoms with Crippen LogP contribution in [0.4, 0.5) is 0 Å². The molecule has 0 aromatic rings. The van der Waals surface area contributed by atoms with Gasteiger partial charge in [0.15, 0.2) is 14.1 Å². The minimum Gasteiger partial charge on any atom is -0.417 e. The van der Waals surface area contributed by atoms with Gasteiger partial charge in [0.1, 0.15) is 0 Å². The van der Waals surface area contributed by atoms with Crippen molar-refractivity contribution in [2.45, 2.75) is 52.8 Å². The highest BCUT2D eigenvalue weighted by molar-refractivity contribution is 6.69. The molecule has 114 valence electrons. The van der Waals surface area contributed by atoms with E-state index in [4.69, 9.17) is 4.43 Å². The Hall–Kier alpha value is -0.673. The van der Waals surface area contributed by atoms with Gasteiger partial charge in [-0.15, -0.1) is 0 Å². The first kappa shape index (κ1) is 17.4. The maximum Gasteiger partial charge on any atom is 0.183 e. The van der Waals surface area contributed by atoms with E-state index in [-0.39, 0.29) is 5.78 Å². The van der Waals surface area contributed by atoms with Crippen LogP contribution in [0.15, 0.2) is 24.3 Å². The SMILES string of the molecule is CC(C)C1/C=C\C(CO[Si](C)(C)C)C/C=C\C(=O)CC1. The van der Waals surface area contributed by atoms with E-state index in [0.717, 1.165) is 19.4 Å². The summed E-state index contributed by atoms with van der Waals surface area (Å²) in [5, 5.41) is 0. The summed E-state index contributed by atoms with van der Waals surface area (Å²) >= 11 is 0. The minimum atomic E-state index is -1.47. The van der Waals surface area contributed by atoms with E-state index >= 15 is 0 Å². The zero-order valence-electron chi connectivity index (χ0n) is 13.7. The van der Waals surface area contributed by atoms with Crippen molar-refractivity contribution in [1.29, 1.82) is 0 Å². The Morgan fingerprint density at radius 2 is 2.00 bits per heavy atom. The molecule has 0 fully saturated rings. The van der Waals surface area contributed by atoms with Gasteiger partial charge in [0.05, 0.1) is 0 Å². The van der Waals surface area contributed by atoms with E-state index in [1.165, 1.54) is 0 Å². The molecule has 0 aliphatic heterocycles. The molecule has 1 rings (SSSR count). The molecule has 0 heterocycles. The topological polar surface area (TPSA) is 26.3 Å². The van der Waals surface area contributed by atoms with Crippen LogP contribution in [0.25, 0.3) is 0 Å². The zero-order valence-corrected chi connectivity index (χ0v) is 14.7. The Morgan fingerprint density at radius 3 is 2.60 bits per heavy atom. The van der Waals surface area contributed by atoms with Gasteiger partial charge in [0.25, 0.3) is 0 Å². The highest BCUT2D eigenvalue weighted by Gasteiger charge is 2.18. The average Bonchev–Trinajstić information content (AvgIpc) is 2.33. The summed E-state index contributed by atoms with van der Waals surface area (Å²) in [7, 11) is -1.47. The summed E-state index contributed by atoms with van der Waals surface area (Å²) in [6.07, 6.45) is 10.9. The van der Waals surface area contributed by atoms with Crippen molar-refractivity contribution in [3.05, 3.63) is 24.3 Å². The normalized spacial score (nSPS) is 28.4. The highest BCUT2D eigenvalue weighted by Crippen LogP contribution is 2.22. The summed E-state index contributed by atoms with van der Waals surface area (Å²) in [4.78, 5) is 11.8. The van der Waals surface area contributed by atoms with Crippen LogP contribution in [0, 0.1) is 17.8 Å². The number of ketones is 1. The van der Waals surface area contributed by atoms with Gasteiger partial charge in [-0.1, -0.05) is 32.1 Å². The smallest absolute Gasteiger partial charge is 0.183 e. The molecule has 0 N–H and O–H groups in total. The Bertz CT molecular complexity index is 364. The van der Waals surface area contributed by atoms with Crippen molar-refractivity contribution in [3.63, 3.8) is 0 Å². The lowest BCUT2D eigenvalue weighted by molar-refractivity contribution is -0.114. The molecule has 0 bridgehead atoms. The van der Waals surface area contributed by atoms with Crippen LogP contribution in [0.5, 0.6) is 0 Å². The Labute approximate surface area is 125 Å². The number of carbonyl (C=O) groups excluding carboxylic acids is 1. The molecule has 0 spiro atoms. The van der Waals surface area contributed by atoms with E-state index in [1.54, 1.807) is 6.08 Å². The first-order valence-corrected chi connectivity index (χ1v) is 11.2. The summed E-state index contributed by atoms with van der Waals surface area (Å²) in [6.45, 7) is 11.9. The van der Waals surface area contributed by atoms with Gasteiger partial charge in [-0.05, 0) is 50.4 Å². The van der Waals surface area contributed by atoms with E-state index in [1.807, 2.05) is 6.08 Å². The molecule has 3 heteroatoms. The fraction of sp³-hybridized carbons (Fsp3) is 0.706. The summed E-state index contributed by atoms with van der Waals surface area (Å²) in [5.74, 6) is 1.74. The molecule has 1 aliphatic rings. The first-order valence-electron chi connectivity index (χ1n) is 7.79. The lowest BCUT2D eigenvalue weighted by Gasteiger charge is -2.22. The van der Waals surface area contributed by atoms with Gasteiger partial charge in [0, 0.05) is 18.9 Å². The van der Waals surface area contributed by atoms with Crippen molar-refractivity contribution in [1.82, 2.24) is 0 Å². The van der Waals surface area contributed by atoms with Crippen molar-refractivity contribution in [2.75, 3.05) is 6.61 Å². The van der Waals surface area contributed by atoms with E-state index in [0.29, 0.717) is 24.2 Å². The predicted molar refractivity (Wildman–Crippen MR) is 88.3 cm³/mol. The van der Waals surface area contributed by atoms with E-state index in [9.17, 15) is 4.79 Å². The second-order valence-electron chi connectivity index (χ2n) is 7.12. The Kier molecular flexibility index (Phi) is 6.90. The van der Waals surface area contributed by atoms with Crippen LogP contribution in [-0.2, 0) is 9.22 Å². The molecular weight excluding hydrogens is 264 g/mol. The Balaban J connectivity index is 2.72. The number of hydrogen-bond donors (Lipinski definition) is 0. The lowest BCUT2D eigenvalue weighted by atomic mass is 9.88. The molecule has 1 aliphatic carbocycles. The van der Waals surface area contributed by atoms with Gasteiger partial charge in [-0.3, -0.25) is 4.79 Å². The molecule has 2 atom stereocenters. The third kappa shape index (κ3) is 7.20. The van der Waals surface area contributed by atoms with Gasteiger partial charge in [-0.25, -0.2) is 0 Å². The molecule has 0 saturated carbocycles. The monoisotopic (exact) mass is 294 g/mol. The molecule has 0 amide bonds. The van der Waals surface area contributed by atoms with Crippen LogP contribution in [0.2, 0.25) is 19.6 Å². The van der Waals surface area contributed by atoms with E-state index in [2.05, 4.69) is 45.6 Å². The number of allylic oxidation sites excluding steroid dienone is 3. The van der Waals surface area contributed by atoms with Crippen LogP contribution in [-0.4, -0.2) is 20.7 Å². The van der Waals surface area contributed by atoms with Crippen molar-refractivity contribution < 1.29 is 9.22 Å². The lowest BCUT2D eigenvalue weighted by Crippen LogP contribution is -2.28. The fourth-order valence-corrected chi connectivity index (χ4v) is 2.99. The van der Waals surface area contributed by atoms with Gasteiger partial charge >= 0.3 is 0 Å². The summed E-state index contributed by atoms with van der Waals surface area (Å²) in [5.41, 5.74) is 0. The minimum absolute atomic E-state index is 0.260. The quantitative estimate of drug-likeness (QED) is 0.560.